The number of hydrogen-bond acceptors (Lipinski definition) is 3. The molecule has 0 aromatic rings. The number of hydrogen-bond donors (Lipinski definition) is 2. The number of rotatable bonds is 4. The Hall–Kier alpha value is -1.10. The molecule has 5 heteroatoms. The zero-order valence-corrected chi connectivity index (χ0v) is 10.4. The molecule has 98 valence electrons. The van der Waals surface area contributed by atoms with Crippen molar-refractivity contribution in [2.24, 2.45) is 11.7 Å². The Kier molecular flexibility index (Phi) is 5.41. The number of nitrogens with two attached hydrogens (primary N) is 1. The Morgan fingerprint density at radius 2 is 2.12 bits per heavy atom. The number of carbonyl (C=O) groups is 2. The maximum Gasteiger partial charge on any atom is 0.326 e. The van der Waals surface area contributed by atoms with E-state index in [0.717, 1.165) is 19.3 Å². The average Bonchev–Trinajstić information content (AvgIpc) is 2.53. The molecule has 3 N–H and O–H groups in total. The first-order chi connectivity index (χ1) is 8.06. The van der Waals surface area contributed by atoms with Crippen LogP contribution in [0.25, 0.3) is 0 Å². The van der Waals surface area contributed by atoms with Crippen LogP contribution in [0, 0.1) is 5.92 Å². The van der Waals surface area contributed by atoms with Gasteiger partial charge in [0.1, 0.15) is 6.04 Å². The van der Waals surface area contributed by atoms with Gasteiger partial charge in [-0.1, -0.05) is 19.8 Å². The molecule has 1 fully saturated rings. The van der Waals surface area contributed by atoms with E-state index in [1.54, 1.807) is 0 Å². The molecule has 1 heterocycles. The minimum atomic E-state index is -0.888. The molecule has 1 saturated heterocycles. The highest BCUT2D eigenvalue weighted by atomic mass is 16.4. The molecule has 1 aliphatic heterocycles. The molecule has 5 nitrogen and oxygen atoms in total. The quantitative estimate of drug-likeness (QED) is 0.764. The summed E-state index contributed by atoms with van der Waals surface area (Å²) in [6.07, 6.45) is 3.69. The van der Waals surface area contributed by atoms with E-state index < -0.39 is 12.0 Å². The highest BCUT2D eigenvalue weighted by molar-refractivity contribution is 5.83. The van der Waals surface area contributed by atoms with Gasteiger partial charge in [-0.05, 0) is 25.3 Å². The van der Waals surface area contributed by atoms with E-state index in [1.807, 2.05) is 6.92 Å². The summed E-state index contributed by atoms with van der Waals surface area (Å²) in [7, 11) is 0. The van der Waals surface area contributed by atoms with Gasteiger partial charge in [0, 0.05) is 13.0 Å². The van der Waals surface area contributed by atoms with E-state index >= 15 is 0 Å². The van der Waals surface area contributed by atoms with Gasteiger partial charge >= 0.3 is 5.97 Å². The fourth-order valence-corrected chi connectivity index (χ4v) is 2.16. The number of amides is 1. The predicted octanol–water partition coefficient (Wildman–Crippen LogP) is 0.827. The van der Waals surface area contributed by atoms with Crippen LogP contribution in [-0.2, 0) is 9.59 Å². The minimum Gasteiger partial charge on any atom is -0.480 e. The van der Waals surface area contributed by atoms with E-state index in [9.17, 15) is 9.59 Å². The van der Waals surface area contributed by atoms with Gasteiger partial charge in [-0.2, -0.15) is 0 Å². The second kappa shape index (κ2) is 6.59. The van der Waals surface area contributed by atoms with E-state index in [0.29, 0.717) is 25.9 Å². The van der Waals surface area contributed by atoms with Gasteiger partial charge in [-0.15, -0.1) is 0 Å². The van der Waals surface area contributed by atoms with Crippen molar-refractivity contribution in [1.29, 1.82) is 0 Å². The molecule has 2 unspecified atom stereocenters. The predicted molar refractivity (Wildman–Crippen MR) is 64.4 cm³/mol. The van der Waals surface area contributed by atoms with E-state index in [2.05, 4.69) is 0 Å². The summed E-state index contributed by atoms with van der Waals surface area (Å²) in [4.78, 5) is 24.7. The highest BCUT2D eigenvalue weighted by Crippen LogP contribution is 2.19. The molecule has 1 amide bonds. The summed E-state index contributed by atoms with van der Waals surface area (Å²) in [5.41, 5.74) is 5.49. The van der Waals surface area contributed by atoms with E-state index in [-0.39, 0.29) is 11.8 Å². The molecule has 0 radical (unpaired) electrons. The number of aliphatic carboxylic acids is 1. The number of carbonyl (C=O) groups excluding carboxylic acids is 1. The fraction of sp³-hybridized carbons (Fsp3) is 0.833. The molecule has 0 aromatic carbocycles. The van der Waals surface area contributed by atoms with Crippen LogP contribution in [0.4, 0.5) is 0 Å². The molecule has 0 bridgehead atoms. The Bertz CT molecular complexity index is 281. The number of carboxylic acid groups (broad SMARTS) is 1. The Labute approximate surface area is 102 Å². The lowest BCUT2D eigenvalue weighted by molar-refractivity contribution is -0.150. The standard InChI is InChI=1S/C12H22N2O3/c1-9(8-13)7-11(15)14-6-4-2-3-5-10(14)12(16)17/h9-10H,2-8,13H2,1H3,(H,16,17). The van der Waals surface area contributed by atoms with Crippen molar-refractivity contribution in [3.63, 3.8) is 0 Å². The van der Waals surface area contributed by atoms with Crippen LogP contribution in [0.1, 0.15) is 39.0 Å². The van der Waals surface area contributed by atoms with Crippen molar-refractivity contribution < 1.29 is 14.7 Å². The summed E-state index contributed by atoms with van der Waals surface area (Å²) in [6.45, 7) is 2.93. The molecule has 0 aromatic heterocycles. The third-order valence-corrected chi connectivity index (χ3v) is 3.28. The second-order valence-electron chi connectivity index (χ2n) is 4.84. The largest absolute Gasteiger partial charge is 0.480 e. The van der Waals surface area contributed by atoms with Gasteiger partial charge in [0.2, 0.25) is 5.91 Å². The first-order valence-corrected chi connectivity index (χ1v) is 6.28. The highest BCUT2D eigenvalue weighted by Gasteiger charge is 2.30. The van der Waals surface area contributed by atoms with Crippen LogP contribution in [0.3, 0.4) is 0 Å². The molecule has 0 saturated carbocycles. The zero-order valence-electron chi connectivity index (χ0n) is 10.4. The summed E-state index contributed by atoms with van der Waals surface area (Å²) >= 11 is 0. The third kappa shape index (κ3) is 4.00. The van der Waals surface area contributed by atoms with Crippen LogP contribution in [0.5, 0.6) is 0 Å². The van der Waals surface area contributed by atoms with Crippen molar-refractivity contribution in [2.75, 3.05) is 13.1 Å². The molecular weight excluding hydrogens is 220 g/mol. The normalized spacial score (nSPS) is 22.9. The molecule has 0 aliphatic carbocycles. The Balaban J connectivity index is 2.68. The van der Waals surface area contributed by atoms with Gasteiger partial charge in [0.15, 0.2) is 0 Å². The van der Waals surface area contributed by atoms with Crippen molar-refractivity contribution >= 4 is 11.9 Å². The zero-order chi connectivity index (χ0) is 12.8. The minimum absolute atomic E-state index is 0.0720. The average molecular weight is 242 g/mol. The van der Waals surface area contributed by atoms with E-state index in [4.69, 9.17) is 10.8 Å². The second-order valence-corrected chi connectivity index (χ2v) is 4.84. The third-order valence-electron chi connectivity index (χ3n) is 3.28. The summed E-state index contributed by atoms with van der Waals surface area (Å²) in [6, 6.07) is -0.644. The van der Waals surface area contributed by atoms with E-state index in [1.165, 1.54) is 4.90 Å². The van der Waals surface area contributed by atoms with Crippen LogP contribution in [0.15, 0.2) is 0 Å². The smallest absolute Gasteiger partial charge is 0.326 e. The van der Waals surface area contributed by atoms with Gasteiger partial charge in [0.05, 0.1) is 0 Å². The monoisotopic (exact) mass is 242 g/mol. The number of nitrogens with zero attached hydrogens (tertiary/aromatic N) is 1. The number of carboxylic acids is 1. The van der Waals surface area contributed by atoms with Crippen LogP contribution < -0.4 is 5.73 Å². The fourth-order valence-electron chi connectivity index (χ4n) is 2.16. The summed E-state index contributed by atoms with van der Waals surface area (Å²) in [5, 5.41) is 9.16. The van der Waals surface area contributed by atoms with Gasteiger partial charge in [-0.25, -0.2) is 4.79 Å². The van der Waals surface area contributed by atoms with Gasteiger partial charge in [-0.3, -0.25) is 4.79 Å². The van der Waals surface area contributed by atoms with Crippen molar-refractivity contribution in [3.05, 3.63) is 0 Å². The lowest BCUT2D eigenvalue weighted by Gasteiger charge is -2.27. The molecular formula is C12H22N2O3. The first-order valence-electron chi connectivity index (χ1n) is 6.28. The maximum atomic E-state index is 12.0. The lowest BCUT2D eigenvalue weighted by atomic mass is 10.1. The van der Waals surface area contributed by atoms with Crippen molar-refractivity contribution in [2.45, 2.75) is 45.1 Å². The van der Waals surface area contributed by atoms with Gasteiger partial charge < -0.3 is 15.7 Å². The first kappa shape index (κ1) is 14.0. The number of likely N-dealkylation sites (tertiary alicyclic amines) is 1. The molecule has 0 spiro atoms. The van der Waals surface area contributed by atoms with Crippen molar-refractivity contribution in [3.8, 4) is 0 Å². The van der Waals surface area contributed by atoms with Crippen LogP contribution >= 0.6 is 0 Å². The molecule has 1 aliphatic rings. The molecule has 2 atom stereocenters. The van der Waals surface area contributed by atoms with Crippen LogP contribution in [0.2, 0.25) is 0 Å². The summed E-state index contributed by atoms with van der Waals surface area (Å²) in [5.74, 6) is -0.849. The van der Waals surface area contributed by atoms with Gasteiger partial charge in [0.25, 0.3) is 0 Å². The Morgan fingerprint density at radius 1 is 1.41 bits per heavy atom. The molecule has 17 heavy (non-hydrogen) atoms. The molecule has 1 rings (SSSR count). The maximum absolute atomic E-state index is 12.0. The summed E-state index contributed by atoms with van der Waals surface area (Å²) < 4.78 is 0. The topological polar surface area (TPSA) is 83.6 Å². The lowest BCUT2D eigenvalue weighted by Crippen LogP contribution is -2.45. The SMILES string of the molecule is CC(CN)CC(=O)N1CCCCCC1C(=O)O. The van der Waals surface area contributed by atoms with Crippen LogP contribution in [-0.4, -0.2) is 41.0 Å². The Morgan fingerprint density at radius 3 is 2.71 bits per heavy atom. The van der Waals surface area contributed by atoms with Crippen molar-refractivity contribution in [1.82, 2.24) is 4.90 Å².